The van der Waals surface area contributed by atoms with Gasteiger partial charge in [0, 0.05) is 10.9 Å². The largest absolute Gasteiger partial charge is 0.459 e. The zero-order chi connectivity index (χ0) is 13.4. The standard InChI is InChI=1S/C13H10ClFN2O2/c14-13-9(3-4-18-13)12(17-16)11-6-7-5-8(15)1-2-10(7)19-11/h1-6,12,17H,16H2. The first kappa shape index (κ1) is 12.2. The van der Waals surface area contributed by atoms with Crippen LogP contribution >= 0.6 is 11.6 Å². The number of rotatable bonds is 3. The Kier molecular flexibility index (Phi) is 3.02. The molecule has 3 rings (SSSR count). The summed E-state index contributed by atoms with van der Waals surface area (Å²) in [6.45, 7) is 0. The Balaban J connectivity index is 2.09. The van der Waals surface area contributed by atoms with Crippen LogP contribution in [-0.4, -0.2) is 0 Å². The van der Waals surface area contributed by atoms with E-state index in [-0.39, 0.29) is 11.0 Å². The van der Waals surface area contributed by atoms with E-state index in [2.05, 4.69) is 5.43 Å². The number of fused-ring (bicyclic) bond motifs is 1. The Hall–Kier alpha value is -1.82. The molecule has 0 aliphatic heterocycles. The normalized spacial score (nSPS) is 13.0. The molecular weight excluding hydrogens is 271 g/mol. The average Bonchev–Trinajstić information content (AvgIpc) is 2.97. The zero-order valence-electron chi connectivity index (χ0n) is 9.69. The average molecular weight is 281 g/mol. The second-order valence-electron chi connectivity index (χ2n) is 4.08. The van der Waals surface area contributed by atoms with Crippen molar-refractivity contribution in [3.05, 3.63) is 59.0 Å². The van der Waals surface area contributed by atoms with Gasteiger partial charge in [0.25, 0.3) is 0 Å². The first-order valence-corrected chi connectivity index (χ1v) is 5.95. The molecule has 98 valence electrons. The van der Waals surface area contributed by atoms with E-state index in [0.29, 0.717) is 22.3 Å². The molecule has 0 aliphatic carbocycles. The van der Waals surface area contributed by atoms with Crippen molar-refractivity contribution in [2.24, 2.45) is 5.84 Å². The number of nitrogens with one attached hydrogen (secondary N) is 1. The quantitative estimate of drug-likeness (QED) is 0.570. The van der Waals surface area contributed by atoms with Crippen molar-refractivity contribution in [2.45, 2.75) is 6.04 Å². The van der Waals surface area contributed by atoms with E-state index >= 15 is 0 Å². The maximum Gasteiger partial charge on any atom is 0.198 e. The summed E-state index contributed by atoms with van der Waals surface area (Å²) in [6, 6.07) is 7.26. The lowest BCUT2D eigenvalue weighted by atomic mass is 10.1. The van der Waals surface area contributed by atoms with Crippen LogP contribution in [0.25, 0.3) is 11.0 Å². The molecular formula is C13H10ClFN2O2. The van der Waals surface area contributed by atoms with E-state index in [1.807, 2.05) is 0 Å². The fourth-order valence-electron chi connectivity index (χ4n) is 2.01. The van der Waals surface area contributed by atoms with Gasteiger partial charge < -0.3 is 8.83 Å². The van der Waals surface area contributed by atoms with E-state index in [4.69, 9.17) is 26.3 Å². The van der Waals surface area contributed by atoms with Gasteiger partial charge in [0.2, 0.25) is 0 Å². The number of nitrogens with two attached hydrogens (primary N) is 1. The Labute approximate surface area is 112 Å². The van der Waals surface area contributed by atoms with Crippen molar-refractivity contribution in [3.63, 3.8) is 0 Å². The lowest BCUT2D eigenvalue weighted by molar-refractivity contribution is 0.472. The third-order valence-electron chi connectivity index (χ3n) is 2.91. The van der Waals surface area contributed by atoms with Crippen molar-refractivity contribution in [1.29, 1.82) is 0 Å². The van der Waals surface area contributed by atoms with Crippen LogP contribution in [0, 0.1) is 5.82 Å². The van der Waals surface area contributed by atoms with E-state index < -0.39 is 6.04 Å². The van der Waals surface area contributed by atoms with Gasteiger partial charge in [-0.3, -0.25) is 5.84 Å². The molecule has 0 radical (unpaired) electrons. The molecule has 0 fully saturated rings. The van der Waals surface area contributed by atoms with Crippen LogP contribution in [0.15, 0.2) is 45.4 Å². The summed E-state index contributed by atoms with van der Waals surface area (Å²) < 4.78 is 23.8. The molecule has 0 aliphatic rings. The summed E-state index contributed by atoms with van der Waals surface area (Å²) in [7, 11) is 0. The molecule has 19 heavy (non-hydrogen) atoms. The van der Waals surface area contributed by atoms with Gasteiger partial charge in [-0.2, -0.15) is 0 Å². The molecule has 3 aromatic rings. The number of furan rings is 2. The topological polar surface area (TPSA) is 64.3 Å². The SMILES string of the molecule is NNC(c1cc2cc(F)ccc2o1)c1ccoc1Cl. The second kappa shape index (κ2) is 4.70. The van der Waals surface area contributed by atoms with Gasteiger partial charge in [0.15, 0.2) is 5.22 Å². The van der Waals surface area contributed by atoms with Crippen LogP contribution in [-0.2, 0) is 0 Å². The van der Waals surface area contributed by atoms with Gasteiger partial charge in [-0.05, 0) is 41.9 Å². The number of hydrogen-bond donors (Lipinski definition) is 2. The third kappa shape index (κ3) is 2.12. The molecule has 6 heteroatoms. The van der Waals surface area contributed by atoms with Crippen molar-refractivity contribution < 1.29 is 13.2 Å². The van der Waals surface area contributed by atoms with Crippen molar-refractivity contribution >= 4 is 22.6 Å². The van der Waals surface area contributed by atoms with Gasteiger partial charge in [0.05, 0.1) is 6.26 Å². The molecule has 2 aromatic heterocycles. The molecule has 0 saturated heterocycles. The van der Waals surface area contributed by atoms with Crippen molar-refractivity contribution in [1.82, 2.24) is 5.43 Å². The first-order chi connectivity index (χ1) is 9.19. The van der Waals surface area contributed by atoms with Crippen LogP contribution in [0.4, 0.5) is 4.39 Å². The predicted octanol–water partition coefficient (Wildman–Crippen LogP) is 3.37. The summed E-state index contributed by atoms with van der Waals surface area (Å²) in [5, 5.41) is 0.893. The highest BCUT2D eigenvalue weighted by molar-refractivity contribution is 6.29. The minimum Gasteiger partial charge on any atom is -0.459 e. The maximum absolute atomic E-state index is 13.1. The molecule has 0 bridgehead atoms. The number of hydrazine groups is 1. The highest BCUT2D eigenvalue weighted by Gasteiger charge is 2.21. The second-order valence-corrected chi connectivity index (χ2v) is 4.42. The van der Waals surface area contributed by atoms with Crippen LogP contribution in [0.3, 0.4) is 0 Å². The van der Waals surface area contributed by atoms with E-state index in [1.165, 1.54) is 18.4 Å². The van der Waals surface area contributed by atoms with Gasteiger partial charge in [-0.1, -0.05) is 0 Å². The summed E-state index contributed by atoms with van der Waals surface area (Å²) in [5.41, 5.74) is 3.84. The molecule has 0 saturated carbocycles. The van der Waals surface area contributed by atoms with Crippen LogP contribution in [0.5, 0.6) is 0 Å². The maximum atomic E-state index is 13.1. The van der Waals surface area contributed by atoms with Gasteiger partial charge in [0.1, 0.15) is 23.2 Å². The van der Waals surface area contributed by atoms with E-state index in [9.17, 15) is 4.39 Å². The smallest absolute Gasteiger partial charge is 0.198 e. The van der Waals surface area contributed by atoms with Crippen LogP contribution in [0.2, 0.25) is 5.22 Å². The van der Waals surface area contributed by atoms with E-state index in [1.54, 1.807) is 18.2 Å². The Morgan fingerprint density at radius 1 is 1.26 bits per heavy atom. The van der Waals surface area contributed by atoms with Gasteiger partial charge >= 0.3 is 0 Å². The molecule has 0 amide bonds. The fraction of sp³-hybridized carbons (Fsp3) is 0.0769. The van der Waals surface area contributed by atoms with Crippen LogP contribution in [0.1, 0.15) is 17.4 Å². The minimum atomic E-state index is -0.457. The van der Waals surface area contributed by atoms with Crippen molar-refractivity contribution in [2.75, 3.05) is 0 Å². The van der Waals surface area contributed by atoms with Gasteiger partial charge in [-0.25, -0.2) is 9.82 Å². The van der Waals surface area contributed by atoms with Crippen molar-refractivity contribution in [3.8, 4) is 0 Å². The molecule has 1 aromatic carbocycles. The number of halogens is 2. The summed E-state index contributed by atoms with van der Waals surface area (Å²) >= 11 is 5.92. The minimum absolute atomic E-state index is 0.231. The molecule has 2 heterocycles. The summed E-state index contributed by atoms with van der Waals surface area (Å²) in [5.74, 6) is 5.75. The zero-order valence-corrected chi connectivity index (χ0v) is 10.4. The molecule has 3 N–H and O–H groups in total. The van der Waals surface area contributed by atoms with E-state index in [0.717, 1.165) is 0 Å². The number of benzene rings is 1. The lowest BCUT2D eigenvalue weighted by Crippen LogP contribution is -2.28. The summed E-state index contributed by atoms with van der Waals surface area (Å²) in [4.78, 5) is 0. The Morgan fingerprint density at radius 3 is 2.79 bits per heavy atom. The number of hydrogen-bond acceptors (Lipinski definition) is 4. The Bertz CT molecular complexity index is 722. The highest BCUT2D eigenvalue weighted by Crippen LogP contribution is 2.32. The van der Waals surface area contributed by atoms with Gasteiger partial charge in [-0.15, -0.1) is 0 Å². The monoisotopic (exact) mass is 280 g/mol. The first-order valence-electron chi connectivity index (χ1n) is 5.57. The summed E-state index contributed by atoms with van der Waals surface area (Å²) in [6.07, 6.45) is 1.46. The molecule has 1 unspecified atom stereocenters. The fourth-order valence-corrected chi connectivity index (χ4v) is 2.24. The molecule has 4 nitrogen and oxygen atoms in total. The predicted molar refractivity (Wildman–Crippen MR) is 69.1 cm³/mol. The Morgan fingerprint density at radius 2 is 2.11 bits per heavy atom. The lowest BCUT2D eigenvalue weighted by Gasteiger charge is -2.11. The third-order valence-corrected chi connectivity index (χ3v) is 3.21. The molecule has 0 spiro atoms. The highest BCUT2D eigenvalue weighted by atomic mass is 35.5. The van der Waals surface area contributed by atoms with Crippen LogP contribution < -0.4 is 11.3 Å². The molecule has 1 atom stereocenters.